The smallest absolute Gasteiger partial charge is 0.246 e. The third-order valence-electron chi connectivity index (χ3n) is 3.06. The number of rotatable bonds is 5. The second kappa shape index (κ2) is 6.89. The molecule has 0 aromatic heterocycles. The van der Waals surface area contributed by atoms with Gasteiger partial charge in [0.15, 0.2) is 11.6 Å². The van der Waals surface area contributed by atoms with Crippen LogP contribution in [-0.2, 0) is 4.79 Å². The number of hydrogen-bond acceptors (Lipinski definition) is 3. The Morgan fingerprint density at radius 2 is 1.86 bits per heavy atom. The van der Waals surface area contributed by atoms with E-state index in [9.17, 15) is 13.6 Å². The molecule has 6 heteroatoms. The summed E-state index contributed by atoms with van der Waals surface area (Å²) < 4.78 is 31.2. The van der Waals surface area contributed by atoms with E-state index in [1.807, 2.05) is 12.1 Å². The van der Waals surface area contributed by atoms with Crippen molar-refractivity contribution in [3.63, 3.8) is 0 Å². The normalized spacial score (nSPS) is 11.6. The summed E-state index contributed by atoms with van der Waals surface area (Å²) >= 11 is 0. The van der Waals surface area contributed by atoms with Crippen molar-refractivity contribution in [1.29, 1.82) is 0 Å². The third-order valence-corrected chi connectivity index (χ3v) is 3.06. The molecule has 0 bridgehead atoms. The lowest BCUT2D eigenvalue weighted by molar-refractivity contribution is -0.116. The van der Waals surface area contributed by atoms with Crippen LogP contribution in [-0.4, -0.2) is 19.1 Å². The fourth-order valence-corrected chi connectivity index (χ4v) is 1.89. The molecule has 0 aliphatic heterocycles. The van der Waals surface area contributed by atoms with Crippen LogP contribution in [0.3, 0.4) is 0 Å². The van der Waals surface area contributed by atoms with Gasteiger partial charge >= 0.3 is 0 Å². The number of carbonyl (C=O) groups excluding carboxylic acids is 1. The van der Waals surface area contributed by atoms with Crippen LogP contribution in [0.15, 0.2) is 42.5 Å². The van der Waals surface area contributed by atoms with E-state index in [1.54, 1.807) is 19.1 Å². The summed E-state index contributed by atoms with van der Waals surface area (Å²) in [4.78, 5) is 12.1. The maximum atomic E-state index is 13.1. The molecule has 2 rings (SSSR count). The van der Waals surface area contributed by atoms with Gasteiger partial charge in [-0.05, 0) is 31.2 Å². The molecule has 2 N–H and O–H groups in total. The number of para-hydroxylation sites is 2. The van der Waals surface area contributed by atoms with E-state index in [4.69, 9.17) is 4.74 Å². The van der Waals surface area contributed by atoms with Gasteiger partial charge in [0.2, 0.25) is 5.91 Å². The molecule has 0 heterocycles. The Hall–Kier alpha value is -2.63. The predicted molar refractivity (Wildman–Crippen MR) is 81.1 cm³/mol. The summed E-state index contributed by atoms with van der Waals surface area (Å²) in [6.07, 6.45) is 0. The minimum atomic E-state index is -1.01. The number of benzene rings is 2. The summed E-state index contributed by atoms with van der Waals surface area (Å²) in [6.45, 7) is 1.65. The number of nitrogens with one attached hydrogen (secondary N) is 2. The maximum Gasteiger partial charge on any atom is 0.246 e. The third kappa shape index (κ3) is 3.72. The van der Waals surface area contributed by atoms with E-state index in [2.05, 4.69) is 10.6 Å². The quantitative estimate of drug-likeness (QED) is 0.890. The summed E-state index contributed by atoms with van der Waals surface area (Å²) in [6, 6.07) is 9.77. The van der Waals surface area contributed by atoms with Crippen molar-refractivity contribution in [3.8, 4) is 5.75 Å². The Morgan fingerprint density at radius 3 is 2.55 bits per heavy atom. The molecular weight excluding hydrogens is 290 g/mol. The second-order valence-electron chi connectivity index (χ2n) is 4.68. The van der Waals surface area contributed by atoms with Crippen LogP contribution in [0.1, 0.15) is 6.92 Å². The van der Waals surface area contributed by atoms with E-state index in [0.29, 0.717) is 11.4 Å². The lowest BCUT2D eigenvalue weighted by Gasteiger charge is -2.17. The van der Waals surface area contributed by atoms with Crippen molar-refractivity contribution in [1.82, 2.24) is 0 Å². The van der Waals surface area contributed by atoms with Crippen LogP contribution in [0.4, 0.5) is 20.2 Å². The number of carbonyl (C=O) groups is 1. The number of methoxy groups -OCH3 is 1. The first kappa shape index (κ1) is 15.8. The number of halogens is 2. The molecule has 0 unspecified atom stereocenters. The van der Waals surface area contributed by atoms with E-state index < -0.39 is 17.7 Å². The average molecular weight is 306 g/mol. The fraction of sp³-hybridized carbons (Fsp3) is 0.188. The molecule has 2 aromatic carbocycles. The van der Waals surface area contributed by atoms with E-state index in [1.165, 1.54) is 13.2 Å². The van der Waals surface area contributed by atoms with Gasteiger partial charge in [-0.2, -0.15) is 0 Å². The van der Waals surface area contributed by atoms with E-state index in [-0.39, 0.29) is 11.6 Å². The largest absolute Gasteiger partial charge is 0.495 e. The van der Waals surface area contributed by atoms with Crippen molar-refractivity contribution in [2.24, 2.45) is 0 Å². The number of amides is 1. The topological polar surface area (TPSA) is 50.4 Å². The van der Waals surface area contributed by atoms with Crippen LogP contribution >= 0.6 is 0 Å². The minimum absolute atomic E-state index is 0.192. The van der Waals surface area contributed by atoms with Crippen molar-refractivity contribution in [3.05, 3.63) is 54.1 Å². The zero-order valence-corrected chi connectivity index (χ0v) is 12.2. The Morgan fingerprint density at radius 1 is 1.14 bits per heavy atom. The number of hydrogen-bond donors (Lipinski definition) is 2. The molecule has 1 atom stereocenters. The highest BCUT2D eigenvalue weighted by molar-refractivity contribution is 5.96. The highest BCUT2D eigenvalue weighted by Gasteiger charge is 2.15. The first-order valence-electron chi connectivity index (χ1n) is 6.66. The molecule has 0 saturated heterocycles. The van der Waals surface area contributed by atoms with Gasteiger partial charge < -0.3 is 15.4 Å². The van der Waals surface area contributed by atoms with E-state index in [0.717, 1.165) is 12.1 Å². The summed E-state index contributed by atoms with van der Waals surface area (Å²) in [5.41, 5.74) is 0.857. The first-order chi connectivity index (χ1) is 10.5. The van der Waals surface area contributed by atoms with E-state index >= 15 is 0 Å². The van der Waals surface area contributed by atoms with Crippen molar-refractivity contribution < 1.29 is 18.3 Å². The maximum absolute atomic E-state index is 13.1. The lowest BCUT2D eigenvalue weighted by Crippen LogP contribution is -2.32. The predicted octanol–water partition coefficient (Wildman–Crippen LogP) is 3.41. The van der Waals surface area contributed by atoms with Crippen LogP contribution in [0.25, 0.3) is 0 Å². The summed E-state index contributed by atoms with van der Waals surface area (Å²) in [5.74, 6) is -1.74. The highest BCUT2D eigenvalue weighted by Crippen LogP contribution is 2.24. The molecular formula is C16H16F2N2O2. The van der Waals surface area contributed by atoms with Crippen LogP contribution in [0, 0.1) is 11.6 Å². The molecule has 1 amide bonds. The SMILES string of the molecule is COc1ccccc1N[C@H](C)C(=O)Nc1ccc(F)c(F)c1. The molecule has 0 spiro atoms. The first-order valence-corrected chi connectivity index (χ1v) is 6.66. The highest BCUT2D eigenvalue weighted by atomic mass is 19.2. The Balaban J connectivity index is 2.04. The second-order valence-corrected chi connectivity index (χ2v) is 4.68. The number of ether oxygens (including phenoxy) is 1. The van der Waals surface area contributed by atoms with Gasteiger partial charge in [-0.1, -0.05) is 12.1 Å². The molecule has 0 radical (unpaired) electrons. The molecule has 116 valence electrons. The molecule has 0 saturated carbocycles. The Kier molecular flexibility index (Phi) is 4.93. The van der Waals surface area contributed by atoms with Crippen LogP contribution in [0.5, 0.6) is 5.75 Å². The zero-order chi connectivity index (χ0) is 16.1. The van der Waals surface area contributed by atoms with Crippen LogP contribution < -0.4 is 15.4 Å². The van der Waals surface area contributed by atoms with Crippen molar-refractivity contribution >= 4 is 17.3 Å². The Labute approximate surface area is 127 Å². The van der Waals surface area contributed by atoms with Gasteiger partial charge in [-0.3, -0.25) is 4.79 Å². The molecule has 22 heavy (non-hydrogen) atoms. The molecule has 4 nitrogen and oxygen atoms in total. The minimum Gasteiger partial charge on any atom is -0.495 e. The standard InChI is InChI=1S/C16H16F2N2O2/c1-10(19-14-5-3-4-6-15(14)22-2)16(21)20-11-7-8-12(17)13(18)9-11/h3-10,19H,1-2H3,(H,20,21)/t10-/m1/s1. The zero-order valence-electron chi connectivity index (χ0n) is 12.2. The van der Waals surface area contributed by atoms with Gasteiger partial charge in [0.05, 0.1) is 12.8 Å². The van der Waals surface area contributed by atoms with Gasteiger partial charge in [0, 0.05) is 11.8 Å². The van der Waals surface area contributed by atoms with Crippen molar-refractivity contribution in [2.75, 3.05) is 17.7 Å². The molecule has 0 aliphatic carbocycles. The van der Waals surface area contributed by atoms with Crippen LogP contribution in [0.2, 0.25) is 0 Å². The Bertz CT molecular complexity index is 677. The molecule has 2 aromatic rings. The van der Waals surface area contributed by atoms with Gasteiger partial charge in [-0.25, -0.2) is 8.78 Å². The lowest BCUT2D eigenvalue weighted by atomic mass is 10.2. The van der Waals surface area contributed by atoms with Gasteiger partial charge in [0.25, 0.3) is 0 Å². The summed E-state index contributed by atoms with van der Waals surface area (Å²) in [5, 5.41) is 5.52. The summed E-state index contributed by atoms with van der Waals surface area (Å²) in [7, 11) is 1.53. The number of anilines is 2. The van der Waals surface area contributed by atoms with Gasteiger partial charge in [0.1, 0.15) is 11.8 Å². The monoisotopic (exact) mass is 306 g/mol. The van der Waals surface area contributed by atoms with Crippen molar-refractivity contribution in [2.45, 2.75) is 13.0 Å². The fourth-order valence-electron chi connectivity index (χ4n) is 1.89. The van der Waals surface area contributed by atoms with Gasteiger partial charge in [-0.15, -0.1) is 0 Å². The average Bonchev–Trinajstić information content (AvgIpc) is 2.51. The molecule has 0 aliphatic rings. The molecule has 0 fully saturated rings.